The minimum Gasteiger partial charge on any atom is -0.484 e. The van der Waals surface area contributed by atoms with E-state index in [2.05, 4.69) is 20.3 Å². The molecule has 0 aliphatic rings. The third kappa shape index (κ3) is 7.14. The molecule has 4 aromatic rings. The van der Waals surface area contributed by atoms with Gasteiger partial charge in [-0.05, 0) is 80.4 Å². The Balaban J connectivity index is 1.22. The second-order valence-corrected chi connectivity index (χ2v) is 11.0. The first-order valence-electron chi connectivity index (χ1n) is 12.1. The van der Waals surface area contributed by atoms with E-state index in [9.17, 15) is 13.2 Å². The first-order chi connectivity index (χ1) is 18.2. The highest BCUT2D eigenvalue weighted by molar-refractivity contribution is 7.92. The summed E-state index contributed by atoms with van der Waals surface area (Å²) in [6.45, 7) is 4.64. The number of halogens is 1. The summed E-state index contributed by atoms with van der Waals surface area (Å²) in [4.78, 5) is 16.7. The van der Waals surface area contributed by atoms with Gasteiger partial charge in [-0.3, -0.25) is 14.5 Å². The fraction of sp³-hybridized carbons (Fsp3) is 0.214. The number of ether oxygens (including phenoxy) is 1. The zero-order valence-electron chi connectivity index (χ0n) is 21.1. The predicted molar refractivity (Wildman–Crippen MR) is 152 cm³/mol. The molecule has 3 N–H and O–H groups in total. The Morgan fingerprint density at radius 1 is 0.974 bits per heavy atom. The molecule has 0 aliphatic heterocycles. The second kappa shape index (κ2) is 12.1. The molecule has 1 amide bonds. The quantitative estimate of drug-likeness (QED) is 0.218. The summed E-state index contributed by atoms with van der Waals surface area (Å²) in [5.41, 5.74) is 3.91. The number of carbonyl (C=O) groups is 1. The van der Waals surface area contributed by atoms with Gasteiger partial charge >= 0.3 is 0 Å². The van der Waals surface area contributed by atoms with Gasteiger partial charge in [0.25, 0.3) is 15.9 Å². The highest BCUT2D eigenvalue weighted by atomic mass is 35.5. The van der Waals surface area contributed by atoms with Crippen molar-refractivity contribution in [2.45, 2.75) is 25.2 Å². The van der Waals surface area contributed by atoms with Crippen molar-refractivity contribution < 1.29 is 17.9 Å². The van der Waals surface area contributed by atoms with Gasteiger partial charge in [-0.1, -0.05) is 29.3 Å². The normalized spacial score (nSPS) is 11.2. The molecule has 0 saturated heterocycles. The van der Waals surface area contributed by atoms with Crippen LogP contribution < -0.4 is 20.1 Å². The molecule has 1 heterocycles. The Bertz CT molecular complexity index is 1540. The van der Waals surface area contributed by atoms with Crippen molar-refractivity contribution >= 4 is 49.8 Å². The molecule has 0 radical (unpaired) electrons. The van der Waals surface area contributed by atoms with Crippen molar-refractivity contribution in [2.75, 3.05) is 29.7 Å². The zero-order valence-corrected chi connectivity index (χ0v) is 22.7. The van der Waals surface area contributed by atoms with Crippen LogP contribution in [0.3, 0.4) is 0 Å². The van der Waals surface area contributed by atoms with Crippen molar-refractivity contribution in [2.24, 2.45) is 0 Å². The van der Waals surface area contributed by atoms with Gasteiger partial charge in [-0.15, -0.1) is 0 Å². The van der Waals surface area contributed by atoms with E-state index in [0.29, 0.717) is 41.5 Å². The van der Waals surface area contributed by atoms with Crippen molar-refractivity contribution in [1.82, 2.24) is 10.3 Å². The number of aryl methyl sites for hydroxylation is 2. The number of hydrogen-bond acceptors (Lipinski definition) is 6. The Labute approximate surface area is 227 Å². The van der Waals surface area contributed by atoms with Gasteiger partial charge in [-0.2, -0.15) is 0 Å². The largest absolute Gasteiger partial charge is 0.484 e. The maximum Gasteiger partial charge on any atom is 0.261 e. The number of sulfonamides is 1. The van der Waals surface area contributed by atoms with E-state index in [0.717, 1.165) is 22.2 Å². The number of pyridine rings is 1. The maximum atomic E-state index is 12.7. The summed E-state index contributed by atoms with van der Waals surface area (Å²) in [7, 11) is -3.75. The molecule has 0 unspecified atom stereocenters. The number of amides is 1. The van der Waals surface area contributed by atoms with E-state index in [-0.39, 0.29) is 17.4 Å². The molecule has 0 fully saturated rings. The molecule has 8 nitrogen and oxygen atoms in total. The highest BCUT2D eigenvalue weighted by Gasteiger charge is 2.16. The summed E-state index contributed by atoms with van der Waals surface area (Å²) in [5.74, 6) is 0.187. The van der Waals surface area contributed by atoms with Gasteiger partial charge in [0.05, 0.1) is 10.4 Å². The van der Waals surface area contributed by atoms with Crippen molar-refractivity contribution in [1.29, 1.82) is 0 Å². The number of carbonyl (C=O) groups excluding carboxylic acids is 1. The summed E-state index contributed by atoms with van der Waals surface area (Å²) in [5, 5.41) is 7.81. The molecule has 0 bridgehead atoms. The first-order valence-corrected chi connectivity index (χ1v) is 14.0. The van der Waals surface area contributed by atoms with Crippen LogP contribution in [0.5, 0.6) is 5.75 Å². The smallest absolute Gasteiger partial charge is 0.261 e. The van der Waals surface area contributed by atoms with Crippen molar-refractivity contribution in [3.8, 4) is 5.75 Å². The average Bonchev–Trinajstić information content (AvgIpc) is 2.88. The van der Waals surface area contributed by atoms with Gasteiger partial charge in [0, 0.05) is 41.1 Å². The monoisotopic (exact) mass is 552 g/mol. The molecule has 0 atom stereocenters. The van der Waals surface area contributed by atoms with Gasteiger partial charge in [0.15, 0.2) is 6.61 Å². The molecule has 4 rings (SSSR count). The molecule has 1 aromatic heterocycles. The lowest BCUT2D eigenvalue weighted by Crippen LogP contribution is -2.30. The summed E-state index contributed by atoms with van der Waals surface area (Å²) in [6.07, 6.45) is 2.44. The van der Waals surface area contributed by atoms with Crippen LogP contribution in [-0.4, -0.2) is 39.0 Å². The van der Waals surface area contributed by atoms with Crippen LogP contribution in [0.25, 0.3) is 10.9 Å². The number of anilines is 2. The third-order valence-electron chi connectivity index (χ3n) is 5.82. The van der Waals surface area contributed by atoms with Gasteiger partial charge in [0.2, 0.25) is 0 Å². The van der Waals surface area contributed by atoms with Gasteiger partial charge < -0.3 is 15.4 Å². The Morgan fingerprint density at radius 2 is 1.76 bits per heavy atom. The summed E-state index contributed by atoms with van der Waals surface area (Å²) < 4.78 is 33.6. The van der Waals surface area contributed by atoms with E-state index in [1.54, 1.807) is 31.3 Å². The third-order valence-corrected chi connectivity index (χ3v) is 7.43. The fourth-order valence-corrected chi connectivity index (χ4v) is 5.11. The number of rotatable bonds is 11. The maximum absolute atomic E-state index is 12.7. The van der Waals surface area contributed by atoms with E-state index >= 15 is 0 Å². The number of nitrogens with zero attached hydrogens (tertiary/aromatic N) is 1. The van der Waals surface area contributed by atoms with Crippen molar-refractivity contribution in [3.63, 3.8) is 0 Å². The number of nitrogens with one attached hydrogen (secondary N) is 3. The SMILES string of the molecule is Cc1ccc(NS(=O)(=O)c2ccc(OCC(=O)NCCCNc3ccnc4cc(Cl)ccc34)c(C)c2)cc1. The van der Waals surface area contributed by atoms with E-state index in [1.807, 2.05) is 43.3 Å². The molecule has 0 aliphatic carbocycles. The molecule has 0 saturated carbocycles. The van der Waals surface area contributed by atoms with Crippen LogP contribution in [0.4, 0.5) is 11.4 Å². The lowest BCUT2D eigenvalue weighted by molar-refractivity contribution is -0.123. The van der Waals surface area contributed by atoms with Crippen LogP contribution in [-0.2, 0) is 14.8 Å². The average molecular weight is 553 g/mol. The molecule has 38 heavy (non-hydrogen) atoms. The minimum atomic E-state index is -3.75. The van der Waals surface area contributed by atoms with Gasteiger partial charge in [-0.25, -0.2) is 8.42 Å². The number of aromatic nitrogens is 1. The van der Waals surface area contributed by atoms with Gasteiger partial charge in [0.1, 0.15) is 5.75 Å². The van der Waals surface area contributed by atoms with E-state index < -0.39 is 10.0 Å². The summed E-state index contributed by atoms with van der Waals surface area (Å²) >= 11 is 6.04. The lowest BCUT2D eigenvalue weighted by Gasteiger charge is -2.13. The van der Waals surface area contributed by atoms with E-state index in [1.165, 1.54) is 12.1 Å². The highest BCUT2D eigenvalue weighted by Crippen LogP contribution is 2.25. The zero-order chi connectivity index (χ0) is 27.1. The van der Waals surface area contributed by atoms with Crippen LogP contribution in [0.2, 0.25) is 5.02 Å². The fourth-order valence-electron chi connectivity index (χ4n) is 3.80. The molecule has 10 heteroatoms. The van der Waals surface area contributed by atoms with Crippen LogP contribution in [0.1, 0.15) is 17.5 Å². The van der Waals surface area contributed by atoms with E-state index in [4.69, 9.17) is 16.3 Å². The number of hydrogen-bond donors (Lipinski definition) is 3. The Hall–Kier alpha value is -3.82. The molecule has 0 spiro atoms. The predicted octanol–water partition coefficient (Wildman–Crippen LogP) is 5.30. The Kier molecular flexibility index (Phi) is 8.70. The minimum absolute atomic E-state index is 0.116. The molecule has 198 valence electrons. The number of fused-ring (bicyclic) bond motifs is 1. The lowest BCUT2D eigenvalue weighted by atomic mass is 10.2. The first kappa shape index (κ1) is 27.2. The topological polar surface area (TPSA) is 109 Å². The Morgan fingerprint density at radius 3 is 2.53 bits per heavy atom. The standard InChI is InChI=1S/C28H29ClN4O4S/c1-19-4-7-22(8-5-19)33-38(35,36)23-9-11-27(20(2)16-23)37-18-28(34)32-14-3-13-30-25-12-15-31-26-17-21(29)6-10-24(25)26/h4-12,15-17,33H,3,13-14,18H2,1-2H3,(H,30,31)(H,32,34). The van der Waals surface area contributed by atoms with Crippen molar-refractivity contribution in [3.05, 3.63) is 89.1 Å². The molecule has 3 aromatic carbocycles. The molecular formula is C28H29ClN4O4S. The van der Waals surface area contributed by atoms with Crippen LogP contribution in [0, 0.1) is 13.8 Å². The van der Waals surface area contributed by atoms with Crippen LogP contribution >= 0.6 is 11.6 Å². The summed E-state index contributed by atoms with van der Waals surface area (Å²) in [6, 6.07) is 19.1. The molecular weight excluding hydrogens is 524 g/mol. The number of benzene rings is 3. The van der Waals surface area contributed by atoms with Crippen LogP contribution in [0.15, 0.2) is 77.8 Å². The second-order valence-electron chi connectivity index (χ2n) is 8.84.